The van der Waals surface area contributed by atoms with E-state index < -0.39 is 6.36 Å². The Hall–Kier alpha value is -3.40. The van der Waals surface area contributed by atoms with E-state index in [1.807, 2.05) is 31.2 Å². The van der Waals surface area contributed by atoms with Crippen molar-refractivity contribution in [3.05, 3.63) is 65.5 Å². The van der Waals surface area contributed by atoms with Crippen LogP contribution >= 0.6 is 0 Å². The molecule has 1 aliphatic heterocycles. The van der Waals surface area contributed by atoms with Crippen LogP contribution in [0.4, 0.5) is 13.2 Å². The maximum absolute atomic E-state index is 12.7. The van der Waals surface area contributed by atoms with Gasteiger partial charge in [-0.3, -0.25) is 9.69 Å². The minimum atomic E-state index is -4.76. The lowest BCUT2D eigenvalue weighted by Crippen LogP contribution is -2.48. The number of alkyl halides is 3. The zero-order chi connectivity index (χ0) is 24.1. The van der Waals surface area contributed by atoms with Crippen LogP contribution in [0.2, 0.25) is 0 Å². The van der Waals surface area contributed by atoms with E-state index in [1.165, 1.54) is 17.7 Å². The Bertz CT molecular complexity index is 1090. The summed E-state index contributed by atoms with van der Waals surface area (Å²) < 4.78 is 46.1. The molecular formula is C24H25F3N4O3. The second-order valence-electron chi connectivity index (χ2n) is 8.19. The third-order valence-corrected chi connectivity index (χ3v) is 5.64. The van der Waals surface area contributed by atoms with Gasteiger partial charge in [-0.2, -0.15) is 4.98 Å². The Morgan fingerprint density at radius 1 is 1.03 bits per heavy atom. The summed E-state index contributed by atoms with van der Waals surface area (Å²) in [6, 6.07) is 13.0. The summed E-state index contributed by atoms with van der Waals surface area (Å²) in [5.74, 6) is 0.635. The zero-order valence-corrected chi connectivity index (χ0v) is 18.7. The minimum absolute atomic E-state index is 0.201. The minimum Gasteiger partial charge on any atom is -0.406 e. The summed E-state index contributed by atoms with van der Waals surface area (Å²) >= 11 is 0. The van der Waals surface area contributed by atoms with Gasteiger partial charge in [-0.05, 0) is 44.2 Å². The number of amides is 1. The molecule has 0 bridgehead atoms. The van der Waals surface area contributed by atoms with Crippen LogP contribution in [0, 0.1) is 6.92 Å². The first-order valence-electron chi connectivity index (χ1n) is 11.0. The molecule has 0 unspecified atom stereocenters. The number of piperazine rings is 1. The van der Waals surface area contributed by atoms with E-state index in [1.54, 1.807) is 4.90 Å². The third-order valence-electron chi connectivity index (χ3n) is 5.64. The van der Waals surface area contributed by atoms with E-state index in [9.17, 15) is 18.0 Å². The number of ether oxygens (including phenoxy) is 1. The van der Waals surface area contributed by atoms with Crippen LogP contribution in [-0.2, 0) is 6.42 Å². The molecule has 10 heteroatoms. The lowest BCUT2D eigenvalue weighted by atomic mass is 10.1. The van der Waals surface area contributed by atoms with Gasteiger partial charge in [-0.1, -0.05) is 35.0 Å². The smallest absolute Gasteiger partial charge is 0.406 e. The number of hydrogen-bond donors (Lipinski definition) is 0. The van der Waals surface area contributed by atoms with Crippen LogP contribution in [0.15, 0.2) is 53.1 Å². The van der Waals surface area contributed by atoms with Crippen molar-refractivity contribution in [2.24, 2.45) is 0 Å². The monoisotopic (exact) mass is 474 g/mol. The molecule has 7 nitrogen and oxygen atoms in total. The highest BCUT2D eigenvalue weighted by molar-refractivity contribution is 5.94. The molecular weight excluding hydrogens is 449 g/mol. The Labute approximate surface area is 195 Å². The van der Waals surface area contributed by atoms with Gasteiger partial charge < -0.3 is 14.2 Å². The molecule has 2 aromatic carbocycles. The SMILES string of the molecule is Cc1ccc(-c2noc(CCCN3CCN(C(=O)c4ccc(OC(F)(F)F)cc4)CC3)n2)cc1. The molecule has 0 atom stereocenters. The Balaban J connectivity index is 1.20. The molecule has 1 aromatic heterocycles. The van der Waals surface area contributed by atoms with Gasteiger partial charge >= 0.3 is 6.36 Å². The van der Waals surface area contributed by atoms with Crippen molar-refractivity contribution in [1.29, 1.82) is 0 Å². The van der Waals surface area contributed by atoms with Crippen molar-refractivity contribution >= 4 is 5.91 Å². The molecule has 34 heavy (non-hydrogen) atoms. The lowest BCUT2D eigenvalue weighted by molar-refractivity contribution is -0.274. The van der Waals surface area contributed by atoms with Crippen LogP contribution in [-0.4, -0.2) is 64.9 Å². The summed E-state index contributed by atoms with van der Waals surface area (Å²) in [6.45, 7) is 5.41. The number of aryl methyl sites for hydroxylation is 2. The first kappa shape index (κ1) is 23.7. The maximum Gasteiger partial charge on any atom is 0.573 e. The van der Waals surface area contributed by atoms with Gasteiger partial charge in [0.2, 0.25) is 11.7 Å². The first-order valence-corrected chi connectivity index (χ1v) is 11.0. The van der Waals surface area contributed by atoms with Crippen molar-refractivity contribution in [3.8, 4) is 17.1 Å². The second kappa shape index (κ2) is 10.3. The lowest BCUT2D eigenvalue weighted by Gasteiger charge is -2.34. The predicted molar refractivity (Wildman–Crippen MR) is 118 cm³/mol. The molecule has 3 aromatic rings. The van der Waals surface area contributed by atoms with Crippen LogP contribution in [0.1, 0.15) is 28.2 Å². The van der Waals surface area contributed by atoms with Crippen molar-refractivity contribution in [2.75, 3.05) is 32.7 Å². The highest BCUT2D eigenvalue weighted by Gasteiger charge is 2.31. The number of aromatic nitrogens is 2. The van der Waals surface area contributed by atoms with Crippen LogP contribution < -0.4 is 4.74 Å². The van der Waals surface area contributed by atoms with Crippen molar-refractivity contribution in [2.45, 2.75) is 26.1 Å². The van der Waals surface area contributed by atoms with E-state index in [0.717, 1.165) is 43.8 Å². The van der Waals surface area contributed by atoms with Gasteiger partial charge in [-0.15, -0.1) is 13.2 Å². The summed E-state index contributed by atoms with van der Waals surface area (Å²) in [7, 11) is 0. The Morgan fingerprint density at radius 2 is 1.71 bits per heavy atom. The second-order valence-corrected chi connectivity index (χ2v) is 8.19. The predicted octanol–water partition coefficient (Wildman–Crippen LogP) is 4.33. The van der Waals surface area contributed by atoms with Gasteiger partial charge in [0.1, 0.15) is 5.75 Å². The van der Waals surface area contributed by atoms with Gasteiger partial charge in [0.25, 0.3) is 5.91 Å². The molecule has 180 valence electrons. The fraction of sp³-hybridized carbons (Fsp3) is 0.375. The van der Waals surface area contributed by atoms with E-state index in [4.69, 9.17) is 4.52 Å². The standard InChI is InChI=1S/C24H25F3N4O3/c1-17-4-6-18(7-5-17)22-28-21(34-29-22)3-2-12-30-13-15-31(16-14-30)23(32)19-8-10-20(11-9-19)33-24(25,26)27/h4-11H,2-3,12-16H2,1H3. The van der Waals surface area contributed by atoms with Crippen LogP contribution in [0.3, 0.4) is 0 Å². The summed E-state index contributed by atoms with van der Waals surface area (Å²) in [4.78, 5) is 21.1. The van der Waals surface area contributed by atoms with Crippen molar-refractivity contribution < 1.29 is 27.2 Å². The topological polar surface area (TPSA) is 71.7 Å². The van der Waals surface area contributed by atoms with Crippen LogP contribution in [0.25, 0.3) is 11.4 Å². The van der Waals surface area contributed by atoms with Crippen LogP contribution in [0.5, 0.6) is 5.75 Å². The third kappa shape index (κ3) is 6.34. The molecule has 0 spiro atoms. The molecule has 1 amide bonds. The molecule has 0 saturated carbocycles. The van der Waals surface area contributed by atoms with E-state index in [2.05, 4.69) is 19.8 Å². The number of carbonyl (C=O) groups is 1. The van der Waals surface area contributed by atoms with E-state index in [-0.39, 0.29) is 11.7 Å². The number of rotatable bonds is 7. The van der Waals surface area contributed by atoms with Gasteiger partial charge in [0.15, 0.2) is 0 Å². The largest absolute Gasteiger partial charge is 0.573 e. The summed E-state index contributed by atoms with van der Waals surface area (Å²) in [5, 5.41) is 4.06. The Morgan fingerprint density at radius 3 is 2.35 bits per heavy atom. The first-order chi connectivity index (χ1) is 16.3. The summed E-state index contributed by atoms with van der Waals surface area (Å²) in [5.41, 5.74) is 2.43. The molecule has 0 radical (unpaired) electrons. The van der Waals surface area contributed by atoms with E-state index in [0.29, 0.717) is 36.8 Å². The maximum atomic E-state index is 12.7. The number of benzene rings is 2. The highest BCUT2D eigenvalue weighted by Crippen LogP contribution is 2.23. The van der Waals surface area contributed by atoms with Gasteiger partial charge in [0, 0.05) is 43.7 Å². The van der Waals surface area contributed by atoms with E-state index >= 15 is 0 Å². The molecule has 4 rings (SSSR count). The zero-order valence-electron chi connectivity index (χ0n) is 18.7. The average Bonchev–Trinajstić information content (AvgIpc) is 3.28. The number of carbonyl (C=O) groups excluding carboxylic acids is 1. The number of nitrogens with zero attached hydrogens (tertiary/aromatic N) is 4. The normalized spacial score (nSPS) is 14.9. The van der Waals surface area contributed by atoms with Crippen molar-refractivity contribution in [3.63, 3.8) is 0 Å². The molecule has 1 saturated heterocycles. The van der Waals surface area contributed by atoms with Gasteiger partial charge in [-0.25, -0.2) is 0 Å². The molecule has 0 N–H and O–H groups in total. The molecule has 0 aliphatic carbocycles. The highest BCUT2D eigenvalue weighted by atomic mass is 19.4. The molecule has 1 aliphatic rings. The molecule has 2 heterocycles. The number of halogens is 3. The average molecular weight is 474 g/mol. The fourth-order valence-corrected chi connectivity index (χ4v) is 3.79. The van der Waals surface area contributed by atoms with Gasteiger partial charge in [0.05, 0.1) is 0 Å². The quantitative estimate of drug-likeness (QED) is 0.508. The molecule has 1 fully saturated rings. The number of hydrogen-bond acceptors (Lipinski definition) is 6. The summed E-state index contributed by atoms with van der Waals surface area (Å²) in [6.07, 6.45) is -3.23. The fourth-order valence-electron chi connectivity index (χ4n) is 3.79. The Kier molecular flexibility index (Phi) is 7.16. The van der Waals surface area contributed by atoms with Crippen molar-refractivity contribution in [1.82, 2.24) is 19.9 Å².